The van der Waals surface area contributed by atoms with Gasteiger partial charge in [-0.2, -0.15) is 0 Å². The van der Waals surface area contributed by atoms with Gasteiger partial charge in [-0.05, 0) is 56.6 Å². The van der Waals surface area contributed by atoms with Crippen LogP contribution >= 0.6 is 31.9 Å². The lowest BCUT2D eigenvalue weighted by molar-refractivity contribution is 0.294. The second-order valence-electron chi connectivity index (χ2n) is 4.07. The highest BCUT2D eigenvalue weighted by molar-refractivity contribution is 9.11. The van der Waals surface area contributed by atoms with Crippen LogP contribution in [0.2, 0.25) is 0 Å². The number of ether oxygens (including phenoxy) is 1. The van der Waals surface area contributed by atoms with E-state index in [0.717, 1.165) is 27.8 Å². The molecule has 0 aliphatic carbocycles. The summed E-state index contributed by atoms with van der Waals surface area (Å²) < 4.78 is 9.71. The van der Waals surface area contributed by atoms with Crippen molar-refractivity contribution < 1.29 is 4.74 Å². The number of rotatable bonds is 6. The van der Waals surface area contributed by atoms with E-state index < -0.39 is 0 Å². The molecule has 0 saturated carbocycles. The van der Waals surface area contributed by atoms with Gasteiger partial charge in [0.2, 0.25) is 0 Å². The Morgan fingerprint density at radius 2 is 2.05 bits per heavy atom. The largest absolute Gasteiger partial charge is 0.489 e. The maximum Gasteiger partial charge on any atom is 0.147 e. The van der Waals surface area contributed by atoms with Crippen molar-refractivity contribution in [3.05, 3.63) is 45.4 Å². The van der Waals surface area contributed by atoms with E-state index in [0.29, 0.717) is 6.61 Å². The van der Waals surface area contributed by atoms with E-state index in [1.54, 1.807) is 12.5 Å². The van der Waals surface area contributed by atoms with Gasteiger partial charge < -0.3 is 14.6 Å². The third-order valence-corrected chi connectivity index (χ3v) is 3.77. The average molecular weight is 389 g/mol. The minimum Gasteiger partial charge on any atom is -0.489 e. The van der Waals surface area contributed by atoms with Crippen LogP contribution in [0.3, 0.4) is 0 Å². The van der Waals surface area contributed by atoms with Crippen molar-refractivity contribution in [2.24, 2.45) is 0 Å². The molecule has 2 rings (SSSR count). The fourth-order valence-electron chi connectivity index (χ4n) is 1.73. The molecule has 0 bridgehead atoms. The molecule has 0 radical (unpaired) electrons. The minimum atomic E-state index is 0.596. The molecule has 0 amide bonds. The summed E-state index contributed by atoms with van der Waals surface area (Å²) >= 11 is 7.09. The van der Waals surface area contributed by atoms with E-state index >= 15 is 0 Å². The van der Waals surface area contributed by atoms with Crippen LogP contribution in [0.25, 0.3) is 0 Å². The minimum absolute atomic E-state index is 0.596. The highest BCUT2D eigenvalue weighted by Crippen LogP contribution is 2.34. The SMILES string of the molecule is CNCc1cc(Br)c(OCCn2ccnc2)c(Br)c1. The predicted octanol–water partition coefficient (Wildman–Crippen LogP) is 3.21. The Balaban J connectivity index is 1.99. The molecular formula is C13H15Br2N3O. The van der Waals surface area contributed by atoms with Crippen molar-refractivity contribution in [1.29, 1.82) is 0 Å². The Morgan fingerprint density at radius 3 is 2.63 bits per heavy atom. The van der Waals surface area contributed by atoms with Crippen LogP contribution in [-0.2, 0) is 13.1 Å². The number of benzene rings is 1. The van der Waals surface area contributed by atoms with E-state index in [4.69, 9.17) is 4.74 Å². The molecule has 0 aliphatic rings. The molecule has 0 fully saturated rings. The molecule has 1 aromatic heterocycles. The molecule has 0 spiro atoms. The Labute approximate surface area is 129 Å². The molecular weight excluding hydrogens is 374 g/mol. The van der Waals surface area contributed by atoms with Gasteiger partial charge in [0.1, 0.15) is 12.4 Å². The van der Waals surface area contributed by atoms with E-state index in [1.807, 2.05) is 17.8 Å². The molecule has 0 unspecified atom stereocenters. The molecule has 2 aromatic rings. The number of aromatic nitrogens is 2. The van der Waals surface area contributed by atoms with Crippen molar-refractivity contribution >= 4 is 31.9 Å². The lowest BCUT2D eigenvalue weighted by Gasteiger charge is -2.12. The van der Waals surface area contributed by atoms with Crippen molar-refractivity contribution in [2.45, 2.75) is 13.1 Å². The zero-order valence-electron chi connectivity index (χ0n) is 10.6. The molecule has 0 aliphatic heterocycles. The van der Waals surface area contributed by atoms with Gasteiger partial charge in [-0.3, -0.25) is 0 Å². The number of nitrogens with one attached hydrogen (secondary N) is 1. The molecule has 102 valence electrons. The Bertz CT molecular complexity index is 506. The van der Waals surface area contributed by atoms with E-state index in [2.05, 4.69) is 54.3 Å². The summed E-state index contributed by atoms with van der Waals surface area (Å²) in [5.74, 6) is 0.833. The van der Waals surface area contributed by atoms with Crippen LogP contribution in [0.1, 0.15) is 5.56 Å². The van der Waals surface area contributed by atoms with E-state index in [-0.39, 0.29) is 0 Å². The van der Waals surface area contributed by atoms with Crippen molar-refractivity contribution in [3.63, 3.8) is 0 Å². The molecule has 1 heterocycles. The van der Waals surface area contributed by atoms with Crippen LogP contribution < -0.4 is 10.1 Å². The molecule has 6 heteroatoms. The smallest absolute Gasteiger partial charge is 0.147 e. The topological polar surface area (TPSA) is 39.1 Å². The van der Waals surface area contributed by atoms with Gasteiger partial charge in [-0.25, -0.2) is 4.98 Å². The van der Waals surface area contributed by atoms with Crippen LogP contribution in [0.4, 0.5) is 0 Å². The monoisotopic (exact) mass is 387 g/mol. The summed E-state index contributed by atoms with van der Waals surface area (Å²) in [6.45, 7) is 2.20. The van der Waals surface area contributed by atoms with Gasteiger partial charge in [0.05, 0.1) is 21.8 Å². The van der Waals surface area contributed by atoms with Gasteiger partial charge in [0, 0.05) is 18.9 Å². The number of halogens is 2. The highest BCUT2D eigenvalue weighted by atomic mass is 79.9. The molecule has 19 heavy (non-hydrogen) atoms. The highest BCUT2D eigenvalue weighted by Gasteiger charge is 2.08. The summed E-state index contributed by atoms with van der Waals surface area (Å²) in [6, 6.07) is 4.13. The van der Waals surface area contributed by atoms with Crippen LogP contribution in [0.15, 0.2) is 39.8 Å². The fourth-order valence-corrected chi connectivity index (χ4v) is 3.24. The molecule has 0 atom stereocenters. The Morgan fingerprint density at radius 1 is 1.32 bits per heavy atom. The fraction of sp³-hybridized carbons (Fsp3) is 0.308. The normalized spacial score (nSPS) is 10.7. The maximum absolute atomic E-state index is 5.81. The third kappa shape index (κ3) is 4.06. The van der Waals surface area contributed by atoms with Gasteiger partial charge in [0.25, 0.3) is 0 Å². The Kier molecular flexibility index (Phi) is 5.42. The van der Waals surface area contributed by atoms with Crippen molar-refractivity contribution in [3.8, 4) is 5.75 Å². The maximum atomic E-state index is 5.81. The molecule has 4 nitrogen and oxygen atoms in total. The first kappa shape index (κ1) is 14.6. The zero-order chi connectivity index (χ0) is 13.7. The Hall–Kier alpha value is -0.850. The van der Waals surface area contributed by atoms with Crippen LogP contribution in [0.5, 0.6) is 5.75 Å². The van der Waals surface area contributed by atoms with Crippen molar-refractivity contribution in [1.82, 2.24) is 14.9 Å². The van der Waals surface area contributed by atoms with Crippen molar-refractivity contribution in [2.75, 3.05) is 13.7 Å². The number of hydrogen-bond acceptors (Lipinski definition) is 3. The first-order valence-electron chi connectivity index (χ1n) is 5.91. The zero-order valence-corrected chi connectivity index (χ0v) is 13.7. The summed E-state index contributed by atoms with van der Waals surface area (Å²) in [5, 5.41) is 3.13. The average Bonchev–Trinajstić information content (AvgIpc) is 2.86. The molecule has 1 N–H and O–H groups in total. The lowest BCUT2D eigenvalue weighted by Crippen LogP contribution is -2.08. The number of imidazole rings is 1. The van der Waals surface area contributed by atoms with Crippen LogP contribution in [0, 0.1) is 0 Å². The van der Waals surface area contributed by atoms with E-state index in [1.165, 1.54) is 5.56 Å². The first-order valence-corrected chi connectivity index (χ1v) is 7.50. The predicted molar refractivity (Wildman–Crippen MR) is 82.3 cm³/mol. The summed E-state index contributed by atoms with van der Waals surface area (Å²) in [5.41, 5.74) is 1.20. The van der Waals surface area contributed by atoms with Gasteiger partial charge in [-0.1, -0.05) is 0 Å². The molecule has 0 saturated heterocycles. The van der Waals surface area contributed by atoms with Crippen LogP contribution in [-0.4, -0.2) is 23.2 Å². The summed E-state index contributed by atoms with van der Waals surface area (Å²) in [7, 11) is 1.93. The number of hydrogen-bond donors (Lipinski definition) is 1. The molecule has 1 aromatic carbocycles. The standard InChI is InChI=1S/C13H15Br2N3O/c1-16-8-10-6-11(14)13(12(15)7-10)19-5-4-18-3-2-17-9-18/h2-3,6-7,9,16H,4-5,8H2,1H3. The second kappa shape index (κ2) is 7.07. The van der Waals surface area contributed by atoms with Gasteiger partial charge in [-0.15, -0.1) is 0 Å². The third-order valence-electron chi connectivity index (χ3n) is 2.59. The summed E-state index contributed by atoms with van der Waals surface area (Å²) in [4.78, 5) is 4.00. The van der Waals surface area contributed by atoms with E-state index in [9.17, 15) is 0 Å². The lowest BCUT2D eigenvalue weighted by atomic mass is 10.2. The first-order chi connectivity index (χ1) is 9.20. The summed E-state index contributed by atoms with van der Waals surface area (Å²) in [6.07, 6.45) is 5.46. The van der Waals surface area contributed by atoms with Gasteiger partial charge >= 0.3 is 0 Å². The van der Waals surface area contributed by atoms with Gasteiger partial charge in [0.15, 0.2) is 0 Å². The number of nitrogens with zero attached hydrogens (tertiary/aromatic N) is 2. The quantitative estimate of drug-likeness (QED) is 0.825. The second-order valence-corrected chi connectivity index (χ2v) is 5.78.